The molecule has 0 unspecified atom stereocenters. The molecule has 0 radical (unpaired) electrons. The van der Waals surface area contributed by atoms with Crippen molar-refractivity contribution in [2.75, 3.05) is 17.1 Å². The smallest absolute Gasteiger partial charge is 0.242 e. The number of amides is 2. The fraction of sp³-hybridized carbons (Fsp3) is 0.481. The lowest BCUT2D eigenvalue weighted by atomic mass is 10.1. The van der Waals surface area contributed by atoms with Crippen molar-refractivity contribution in [3.05, 3.63) is 65.5 Å². The number of hydrogen-bond donors (Lipinski definition) is 1. The van der Waals surface area contributed by atoms with Crippen molar-refractivity contribution in [3.8, 4) is 0 Å². The van der Waals surface area contributed by atoms with Gasteiger partial charge in [0.15, 0.2) is 0 Å². The quantitative estimate of drug-likeness (QED) is 0.485. The molecule has 2 aromatic rings. The highest BCUT2D eigenvalue weighted by Gasteiger charge is 2.29. The maximum atomic E-state index is 14.3. The highest BCUT2D eigenvalue weighted by atomic mass is 32.2. The summed E-state index contributed by atoms with van der Waals surface area (Å²) >= 11 is 0. The van der Waals surface area contributed by atoms with E-state index in [1.807, 2.05) is 31.2 Å². The van der Waals surface area contributed by atoms with E-state index in [1.165, 1.54) is 18.2 Å². The molecule has 0 bridgehead atoms. The number of sulfonamides is 1. The second kappa shape index (κ2) is 12.3. The van der Waals surface area contributed by atoms with Crippen molar-refractivity contribution in [3.63, 3.8) is 0 Å². The Labute approximate surface area is 213 Å². The van der Waals surface area contributed by atoms with Gasteiger partial charge in [-0.25, -0.2) is 12.8 Å². The van der Waals surface area contributed by atoms with Crippen LogP contribution in [0.15, 0.2) is 48.5 Å². The number of hydrogen-bond acceptors (Lipinski definition) is 4. The molecule has 0 aliphatic heterocycles. The molecule has 9 heteroatoms. The summed E-state index contributed by atoms with van der Waals surface area (Å²) in [6.45, 7) is 3.91. The number of anilines is 1. The van der Waals surface area contributed by atoms with Gasteiger partial charge in [0.2, 0.25) is 21.8 Å². The van der Waals surface area contributed by atoms with Crippen LogP contribution in [0.1, 0.15) is 56.6 Å². The van der Waals surface area contributed by atoms with Crippen LogP contribution in [0.4, 0.5) is 10.1 Å². The molecular formula is C27H36FN3O4S. The molecule has 3 rings (SSSR count). The van der Waals surface area contributed by atoms with Crippen LogP contribution in [-0.4, -0.2) is 50.0 Å². The van der Waals surface area contributed by atoms with E-state index in [1.54, 1.807) is 17.9 Å². The third kappa shape index (κ3) is 7.29. The van der Waals surface area contributed by atoms with E-state index in [4.69, 9.17) is 0 Å². The largest absolute Gasteiger partial charge is 0.352 e. The third-order valence-electron chi connectivity index (χ3n) is 6.74. The van der Waals surface area contributed by atoms with Gasteiger partial charge < -0.3 is 10.2 Å². The van der Waals surface area contributed by atoms with Gasteiger partial charge in [0.25, 0.3) is 0 Å². The highest BCUT2D eigenvalue weighted by molar-refractivity contribution is 7.92. The number of carbonyl (C=O) groups is 2. The highest BCUT2D eigenvalue weighted by Crippen LogP contribution is 2.23. The topological polar surface area (TPSA) is 86.8 Å². The second-order valence-corrected chi connectivity index (χ2v) is 11.4. The van der Waals surface area contributed by atoms with E-state index in [-0.39, 0.29) is 49.5 Å². The van der Waals surface area contributed by atoms with Crippen LogP contribution in [0, 0.1) is 12.7 Å². The van der Waals surface area contributed by atoms with Gasteiger partial charge in [-0.3, -0.25) is 13.9 Å². The molecule has 1 aliphatic carbocycles. The van der Waals surface area contributed by atoms with E-state index >= 15 is 0 Å². The Balaban J connectivity index is 1.73. The van der Waals surface area contributed by atoms with Gasteiger partial charge in [0.1, 0.15) is 11.9 Å². The molecule has 1 saturated carbocycles. The van der Waals surface area contributed by atoms with Gasteiger partial charge in [-0.05, 0) is 56.4 Å². The lowest BCUT2D eigenvalue weighted by molar-refractivity contribution is -0.141. The Bertz CT molecular complexity index is 1170. The molecule has 2 aromatic carbocycles. The summed E-state index contributed by atoms with van der Waals surface area (Å²) in [5, 5.41) is 3.07. The Morgan fingerprint density at radius 1 is 1.08 bits per heavy atom. The SMILES string of the molecule is Cc1ccccc1CN(C(=O)CCCN(c1ccccc1F)S(C)(=O)=O)[C@H](C)C(=O)NC1CCCC1. The van der Waals surface area contributed by atoms with Gasteiger partial charge >= 0.3 is 0 Å². The first kappa shape index (κ1) is 27.6. The molecule has 2 amide bonds. The molecule has 0 aromatic heterocycles. The minimum absolute atomic E-state index is 0.0212. The average molecular weight is 518 g/mol. The summed E-state index contributed by atoms with van der Waals surface area (Å²) in [7, 11) is -3.75. The van der Waals surface area contributed by atoms with Crippen molar-refractivity contribution in [2.24, 2.45) is 0 Å². The van der Waals surface area contributed by atoms with E-state index in [0.717, 1.165) is 47.4 Å². The zero-order chi connectivity index (χ0) is 26.3. The fourth-order valence-electron chi connectivity index (χ4n) is 4.58. The molecule has 0 spiro atoms. The maximum absolute atomic E-state index is 14.3. The van der Waals surface area contributed by atoms with Crippen LogP contribution in [0.2, 0.25) is 0 Å². The standard InChI is InChI=1S/C27H36FN3O4S/c1-20-11-4-5-12-22(20)19-30(21(2)27(33)29-23-13-6-7-14-23)26(32)17-10-18-31(36(3,34)35)25-16-9-8-15-24(25)28/h4-5,8-9,11-12,15-16,21,23H,6-7,10,13-14,17-19H2,1-3H3,(H,29,33)/t21-/m1/s1. The maximum Gasteiger partial charge on any atom is 0.242 e. The monoisotopic (exact) mass is 517 g/mol. The summed E-state index contributed by atoms with van der Waals surface area (Å²) in [4.78, 5) is 28.0. The second-order valence-electron chi connectivity index (χ2n) is 9.50. The van der Waals surface area contributed by atoms with Gasteiger partial charge in [-0.1, -0.05) is 49.2 Å². The number of aryl methyl sites for hydroxylation is 1. The molecule has 0 heterocycles. The third-order valence-corrected chi connectivity index (χ3v) is 7.92. The summed E-state index contributed by atoms with van der Waals surface area (Å²) in [6, 6.07) is 12.8. The van der Waals surface area contributed by atoms with Crippen LogP contribution in [0.3, 0.4) is 0 Å². The van der Waals surface area contributed by atoms with E-state index in [2.05, 4.69) is 5.32 Å². The Morgan fingerprint density at radius 2 is 1.72 bits per heavy atom. The minimum Gasteiger partial charge on any atom is -0.352 e. The Morgan fingerprint density at radius 3 is 2.36 bits per heavy atom. The summed E-state index contributed by atoms with van der Waals surface area (Å²) in [5.41, 5.74) is 1.91. The molecule has 1 aliphatic rings. The van der Waals surface area contributed by atoms with Crippen LogP contribution < -0.4 is 9.62 Å². The predicted molar refractivity (Wildman–Crippen MR) is 139 cm³/mol. The average Bonchev–Trinajstić information content (AvgIpc) is 3.33. The Kier molecular flexibility index (Phi) is 9.48. The minimum atomic E-state index is -3.75. The molecule has 1 atom stereocenters. The summed E-state index contributed by atoms with van der Waals surface area (Å²) < 4.78 is 40.0. The fourth-order valence-corrected chi connectivity index (χ4v) is 5.55. The number of rotatable bonds is 11. The lowest BCUT2D eigenvalue weighted by Crippen LogP contribution is -2.49. The number of halogens is 1. The van der Waals surface area contributed by atoms with Crippen LogP contribution in [-0.2, 0) is 26.2 Å². The molecule has 196 valence electrons. The number of carbonyl (C=O) groups excluding carboxylic acids is 2. The van der Waals surface area contributed by atoms with Gasteiger partial charge in [0.05, 0.1) is 11.9 Å². The first-order valence-electron chi connectivity index (χ1n) is 12.4. The van der Waals surface area contributed by atoms with E-state index < -0.39 is 21.9 Å². The lowest BCUT2D eigenvalue weighted by Gasteiger charge is -2.30. The first-order chi connectivity index (χ1) is 17.1. The predicted octanol–water partition coefficient (Wildman–Crippen LogP) is 4.16. The molecule has 7 nitrogen and oxygen atoms in total. The van der Waals surface area contributed by atoms with Crippen molar-refractivity contribution >= 4 is 27.5 Å². The number of benzene rings is 2. The number of nitrogens with zero attached hydrogens (tertiary/aromatic N) is 2. The van der Waals surface area contributed by atoms with E-state index in [9.17, 15) is 22.4 Å². The zero-order valence-electron chi connectivity index (χ0n) is 21.2. The van der Waals surface area contributed by atoms with Gasteiger partial charge in [-0.2, -0.15) is 0 Å². The van der Waals surface area contributed by atoms with Crippen LogP contribution in [0.5, 0.6) is 0 Å². The molecule has 1 fully saturated rings. The Hall–Kier alpha value is -2.94. The number of nitrogens with one attached hydrogen (secondary N) is 1. The molecule has 0 saturated heterocycles. The molecule has 36 heavy (non-hydrogen) atoms. The van der Waals surface area contributed by atoms with Crippen molar-refractivity contribution in [1.82, 2.24) is 10.2 Å². The van der Waals surface area contributed by atoms with Gasteiger partial charge in [0, 0.05) is 25.6 Å². The normalized spacial score (nSPS) is 14.9. The number of para-hydroxylation sites is 1. The van der Waals surface area contributed by atoms with Gasteiger partial charge in [-0.15, -0.1) is 0 Å². The van der Waals surface area contributed by atoms with Crippen LogP contribution in [0.25, 0.3) is 0 Å². The molecular weight excluding hydrogens is 481 g/mol. The summed E-state index contributed by atoms with van der Waals surface area (Å²) in [6.07, 6.45) is 5.28. The van der Waals surface area contributed by atoms with E-state index in [0.29, 0.717) is 0 Å². The van der Waals surface area contributed by atoms with Crippen LogP contribution >= 0.6 is 0 Å². The zero-order valence-corrected chi connectivity index (χ0v) is 22.1. The first-order valence-corrected chi connectivity index (χ1v) is 14.3. The summed E-state index contributed by atoms with van der Waals surface area (Å²) in [5.74, 6) is -1.09. The van der Waals surface area contributed by atoms with Crippen molar-refractivity contribution < 1.29 is 22.4 Å². The molecule has 1 N–H and O–H groups in total. The van der Waals surface area contributed by atoms with Crippen molar-refractivity contribution in [1.29, 1.82) is 0 Å². The van der Waals surface area contributed by atoms with Crippen molar-refractivity contribution in [2.45, 2.75) is 71.0 Å².